The van der Waals surface area contributed by atoms with Crippen LogP contribution in [0.1, 0.15) is 6.42 Å². The lowest BCUT2D eigenvalue weighted by molar-refractivity contribution is 0.0279. The van der Waals surface area contributed by atoms with Gasteiger partial charge in [-0.1, -0.05) is 28.1 Å². The Hall–Kier alpha value is -0.570. The van der Waals surface area contributed by atoms with Crippen LogP contribution in [0.4, 0.5) is 0 Å². The molecule has 0 aromatic rings. The molecule has 0 aromatic heterocycles. The number of hydrogen-bond acceptors (Lipinski definition) is 3. The molecule has 3 aliphatic rings. The molecule has 0 radical (unpaired) electrons. The van der Waals surface area contributed by atoms with Crippen molar-refractivity contribution in [2.24, 2.45) is 5.92 Å². The van der Waals surface area contributed by atoms with E-state index in [1.807, 2.05) is 18.1 Å². The van der Waals surface area contributed by atoms with E-state index in [2.05, 4.69) is 21.2 Å². The standard InChI is InChI=1S/C9H10BrNO2/c1-13-9(10)4-6-2-3-8(9)11-7(6)5-12/h2-3,6,8,11H,4H2,1H3. The van der Waals surface area contributed by atoms with Crippen LogP contribution in [0, 0.1) is 5.92 Å². The summed E-state index contributed by atoms with van der Waals surface area (Å²) in [6.07, 6.45) is 4.83. The average molecular weight is 244 g/mol. The number of rotatable bonds is 1. The van der Waals surface area contributed by atoms with Crippen molar-refractivity contribution in [1.82, 2.24) is 5.32 Å². The van der Waals surface area contributed by atoms with Gasteiger partial charge in [-0.05, 0) is 0 Å². The van der Waals surface area contributed by atoms with Gasteiger partial charge in [0.05, 0.1) is 6.04 Å². The lowest BCUT2D eigenvalue weighted by Crippen LogP contribution is -2.55. The second-order valence-electron chi connectivity index (χ2n) is 3.32. The highest BCUT2D eigenvalue weighted by Gasteiger charge is 2.46. The van der Waals surface area contributed by atoms with Gasteiger partial charge in [-0.3, -0.25) is 0 Å². The van der Waals surface area contributed by atoms with Crippen LogP contribution in [0.5, 0.6) is 0 Å². The number of methoxy groups -OCH3 is 1. The SMILES string of the molecule is COC1(Br)CC2C=CC1NC2=C=O. The first-order valence-electron chi connectivity index (χ1n) is 4.13. The van der Waals surface area contributed by atoms with Crippen molar-refractivity contribution in [2.45, 2.75) is 17.0 Å². The second kappa shape index (κ2) is 2.98. The number of halogens is 1. The molecule has 0 aromatic carbocycles. The Labute approximate surface area is 85.0 Å². The Balaban J connectivity index is 2.33. The van der Waals surface area contributed by atoms with E-state index < -0.39 is 0 Å². The number of hydrogen-bond donors (Lipinski definition) is 1. The summed E-state index contributed by atoms with van der Waals surface area (Å²) in [7, 11) is 1.66. The molecule has 2 heterocycles. The summed E-state index contributed by atoms with van der Waals surface area (Å²) in [6.45, 7) is 0. The highest BCUT2D eigenvalue weighted by Crippen LogP contribution is 2.42. The zero-order valence-electron chi connectivity index (χ0n) is 7.21. The van der Waals surface area contributed by atoms with Gasteiger partial charge in [0, 0.05) is 19.4 Å². The fraction of sp³-hybridized carbons (Fsp3) is 0.556. The molecule has 0 amide bonds. The molecule has 1 saturated heterocycles. The summed E-state index contributed by atoms with van der Waals surface area (Å²) in [6, 6.07) is 0.0268. The van der Waals surface area contributed by atoms with Gasteiger partial charge in [-0.2, -0.15) is 0 Å². The summed E-state index contributed by atoms with van der Waals surface area (Å²) in [5.41, 5.74) is 0.639. The number of ether oxygens (including phenoxy) is 1. The molecule has 1 fully saturated rings. The van der Waals surface area contributed by atoms with Crippen LogP contribution in [-0.2, 0) is 9.53 Å². The zero-order chi connectivity index (χ0) is 9.47. The maximum atomic E-state index is 10.5. The summed E-state index contributed by atoms with van der Waals surface area (Å²) in [5, 5.41) is 3.08. The quantitative estimate of drug-likeness (QED) is 0.424. The van der Waals surface area contributed by atoms with Crippen LogP contribution in [0.25, 0.3) is 0 Å². The minimum Gasteiger partial charge on any atom is -0.369 e. The number of alkyl halides is 1. The molecule has 1 N–H and O–H groups in total. The van der Waals surface area contributed by atoms with Crippen LogP contribution in [-0.4, -0.2) is 23.6 Å². The number of carbonyl (C=O) groups excluding carboxylic acids is 1. The smallest absolute Gasteiger partial charge is 0.146 e. The molecule has 1 aliphatic carbocycles. The molecular formula is C9H10BrNO2. The predicted octanol–water partition coefficient (Wildman–Crippen LogP) is 0.987. The van der Waals surface area contributed by atoms with Gasteiger partial charge in [0.2, 0.25) is 0 Å². The van der Waals surface area contributed by atoms with Crippen molar-refractivity contribution in [3.05, 3.63) is 17.8 Å². The molecule has 70 valence electrons. The Kier molecular flexibility index (Phi) is 2.06. The molecule has 3 nitrogen and oxygen atoms in total. The third-order valence-corrected chi connectivity index (χ3v) is 3.77. The molecule has 3 rings (SSSR count). The highest BCUT2D eigenvalue weighted by atomic mass is 79.9. The highest BCUT2D eigenvalue weighted by molar-refractivity contribution is 9.10. The van der Waals surface area contributed by atoms with Gasteiger partial charge in [-0.25, -0.2) is 4.79 Å². The van der Waals surface area contributed by atoms with E-state index in [9.17, 15) is 4.79 Å². The average Bonchev–Trinajstić information content (AvgIpc) is 2.18. The van der Waals surface area contributed by atoms with E-state index >= 15 is 0 Å². The Bertz CT molecular complexity index is 309. The van der Waals surface area contributed by atoms with Crippen LogP contribution >= 0.6 is 15.9 Å². The van der Waals surface area contributed by atoms with Crippen molar-refractivity contribution in [1.29, 1.82) is 0 Å². The number of fused-ring (bicyclic) bond motifs is 2. The Morgan fingerprint density at radius 1 is 1.77 bits per heavy atom. The first-order valence-corrected chi connectivity index (χ1v) is 4.93. The second-order valence-corrected chi connectivity index (χ2v) is 4.67. The first-order chi connectivity index (χ1) is 6.19. The fourth-order valence-corrected chi connectivity index (χ4v) is 2.44. The van der Waals surface area contributed by atoms with E-state index in [1.165, 1.54) is 0 Å². The van der Waals surface area contributed by atoms with Crippen molar-refractivity contribution in [2.75, 3.05) is 7.11 Å². The van der Waals surface area contributed by atoms with Gasteiger partial charge in [0.15, 0.2) is 0 Å². The zero-order valence-corrected chi connectivity index (χ0v) is 8.80. The first kappa shape index (κ1) is 9.00. The predicted molar refractivity (Wildman–Crippen MR) is 52.0 cm³/mol. The van der Waals surface area contributed by atoms with Gasteiger partial charge < -0.3 is 10.1 Å². The molecule has 2 bridgehead atoms. The third-order valence-electron chi connectivity index (χ3n) is 2.63. The molecule has 13 heavy (non-hydrogen) atoms. The largest absolute Gasteiger partial charge is 0.369 e. The number of piperidine rings is 1. The van der Waals surface area contributed by atoms with Crippen LogP contribution < -0.4 is 5.32 Å². The molecule has 2 aliphatic heterocycles. The lowest BCUT2D eigenvalue weighted by Gasteiger charge is -2.44. The summed E-state index contributed by atoms with van der Waals surface area (Å²) >= 11 is 3.53. The van der Waals surface area contributed by atoms with Crippen molar-refractivity contribution in [3.8, 4) is 0 Å². The minimum absolute atomic E-state index is 0.0268. The van der Waals surface area contributed by atoms with Crippen molar-refractivity contribution < 1.29 is 9.53 Å². The normalized spacial score (nSPS) is 41.5. The molecular weight excluding hydrogens is 234 g/mol. The van der Waals surface area contributed by atoms with Crippen LogP contribution in [0.3, 0.4) is 0 Å². The van der Waals surface area contributed by atoms with Gasteiger partial charge in [-0.15, -0.1) is 0 Å². The van der Waals surface area contributed by atoms with E-state index in [1.54, 1.807) is 7.11 Å². The molecule has 3 atom stereocenters. The van der Waals surface area contributed by atoms with Gasteiger partial charge in [0.25, 0.3) is 0 Å². The summed E-state index contributed by atoms with van der Waals surface area (Å²) in [4.78, 5) is 10.5. The Morgan fingerprint density at radius 3 is 3.00 bits per heavy atom. The maximum absolute atomic E-state index is 10.5. The van der Waals surface area contributed by atoms with Crippen LogP contribution in [0.15, 0.2) is 17.8 Å². The van der Waals surface area contributed by atoms with Gasteiger partial charge >= 0.3 is 0 Å². The van der Waals surface area contributed by atoms with Gasteiger partial charge in [0.1, 0.15) is 16.1 Å². The van der Waals surface area contributed by atoms with Crippen molar-refractivity contribution >= 4 is 21.9 Å². The molecule has 0 spiro atoms. The van der Waals surface area contributed by atoms with Crippen LogP contribution in [0.2, 0.25) is 0 Å². The maximum Gasteiger partial charge on any atom is 0.146 e. The number of allylic oxidation sites excluding steroid dienone is 1. The molecule has 3 unspecified atom stereocenters. The topological polar surface area (TPSA) is 38.3 Å². The van der Waals surface area contributed by atoms with E-state index in [-0.39, 0.29) is 16.5 Å². The lowest BCUT2D eigenvalue weighted by atomic mass is 9.83. The summed E-state index contributed by atoms with van der Waals surface area (Å²) in [5.74, 6) is 2.04. The van der Waals surface area contributed by atoms with Crippen molar-refractivity contribution in [3.63, 3.8) is 0 Å². The van der Waals surface area contributed by atoms with E-state index in [4.69, 9.17) is 4.74 Å². The number of nitrogens with one attached hydrogen (secondary N) is 1. The fourth-order valence-electron chi connectivity index (χ4n) is 1.83. The summed E-state index contributed by atoms with van der Waals surface area (Å²) < 4.78 is 5.00. The van der Waals surface area contributed by atoms with E-state index in [0.29, 0.717) is 5.70 Å². The molecule has 0 saturated carbocycles. The Morgan fingerprint density at radius 2 is 2.54 bits per heavy atom. The monoisotopic (exact) mass is 243 g/mol. The molecule has 4 heteroatoms. The minimum atomic E-state index is -0.368. The third kappa shape index (κ3) is 1.26. The van der Waals surface area contributed by atoms with E-state index in [0.717, 1.165) is 6.42 Å².